The maximum absolute atomic E-state index is 13.8. The highest BCUT2D eigenvalue weighted by Gasteiger charge is 2.47. The Kier molecular flexibility index (Phi) is 3.68. The highest BCUT2D eigenvalue weighted by atomic mass is 19.4. The van der Waals surface area contributed by atoms with E-state index in [0.29, 0.717) is 11.3 Å². The number of furan rings is 1. The smallest absolute Gasteiger partial charge is 0.431 e. The summed E-state index contributed by atoms with van der Waals surface area (Å²) in [7, 11) is 1.64. The molecule has 0 radical (unpaired) electrons. The number of allylic oxidation sites excluding steroid dienone is 2. The van der Waals surface area contributed by atoms with Crippen molar-refractivity contribution >= 4 is 11.7 Å². The molecule has 27 heavy (non-hydrogen) atoms. The van der Waals surface area contributed by atoms with E-state index in [1.807, 2.05) is 0 Å². The zero-order valence-electron chi connectivity index (χ0n) is 14.2. The van der Waals surface area contributed by atoms with Crippen LogP contribution in [0.15, 0.2) is 46.6 Å². The van der Waals surface area contributed by atoms with Gasteiger partial charge in [-0.3, -0.25) is 9.48 Å². The van der Waals surface area contributed by atoms with Crippen molar-refractivity contribution in [3.8, 4) is 0 Å². The van der Waals surface area contributed by atoms with Gasteiger partial charge in [-0.25, -0.2) is 4.68 Å². The van der Waals surface area contributed by atoms with Crippen molar-refractivity contribution in [3.05, 3.63) is 59.2 Å². The summed E-state index contributed by atoms with van der Waals surface area (Å²) in [4.78, 5) is 16.8. The lowest BCUT2D eigenvalue weighted by Gasteiger charge is -2.29. The van der Waals surface area contributed by atoms with E-state index in [4.69, 9.17) is 4.42 Å². The van der Waals surface area contributed by atoms with Gasteiger partial charge in [-0.05, 0) is 19.1 Å². The normalized spacial score (nSPS) is 17.0. The van der Waals surface area contributed by atoms with Crippen LogP contribution in [0.4, 0.5) is 19.1 Å². The Labute approximate surface area is 150 Å². The molecule has 4 rings (SSSR count). The first-order valence-corrected chi connectivity index (χ1v) is 7.83. The first-order valence-electron chi connectivity index (χ1n) is 7.83. The standard InChI is InChI=1S/C16H13F3N6O2/c1-8-9(6-24(2)23-8)12-11(13(26)10-4-3-5-27-10)14(16(17,18)19)22-15-20-7-21-25(12)15/h3-7,12H,1-2H3,(H,20,21,22). The van der Waals surface area contributed by atoms with Crippen LogP contribution in [-0.4, -0.2) is 36.5 Å². The molecule has 0 aromatic carbocycles. The lowest BCUT2D eigenvalue weighted by Crippen LogP contribution is -2.35. The molecule has 8 nitrogen and oxygen atoms in total. The van der Waals surface area contributed by atoms with Crippen molar-refractivity contribution < 1.29 is 22.4 Å². The zero-order valence-corrected chi connectivity index (χ0v) is 14.2. The Morgan fingerprint density at radius 2 is 2.15 bits per heavy atom. The topological polar surface area (TPSA) is 90.8 Å². The van der Waals surface area contributed by atoms with Crippen molar-refractivity contribution in [3.63, 3.8) is 0 Å². The number of Topliss-reactive ketones (excluding diaryl/α,β-unsaturated/α-hetero) is 1. The van der Waals surface area contributed by atoms with Gasteiger partial charge in [0.05, 0.1) is 17.5 Å². The van der Waals surface area contributed by atoms with Gasteiger partial charge in [-0.1, -0.05) is 0 Å². The van der Waals surface area contributed by atoms with Gasteiger partial charge in [0.1, 0.15) is 18.1 Å². The number of hydrogen-bond acceptors (Lipinski definition) is 6. The number of hydrogen-bond donors (Lipinski definition) is 1. The van der Waals surface area contributed by atoms with Gasteiger partial charge < -0.3 is 9.73 Å². The van der Waals surface area contributed by atoms with E-state index in [9.17, 15) is 18.0 Å². The minimum atomic E-state index is -4.82. The molecule has 0 fully saturated rings. The summed E-state index contributed by atoms with van der Waals surface area (Å²) >= 11 is 0. The second-order valence-corrected chi connectivity index (χ2v) is 5.99. The lowest BCUT2D eigenvalue weighted by atomic mass is 9.91. The van der Waals surface area contributed by atoms with Crippen molar-refractivity contribution in [1.29, 1.82) is 0 Å². The number of aromatic nitrogens is 5. The average molecular weight is 378 g/mol. The molecule has 140 valence electrons. The van der Waals surface area contributed by atoms with Crippen LogP contribution in [0.25, 0.3) is 0 Å². The Balaban J connectivity index is 2.01. The van der Waals surface area contributed by atoms with E-state index in [0.717, 1.165) is 6.33 Å². The number of nitrogens with zero attached hydrogens (tertiary/aromatic N) is 5. The van der Waals surface area contributed by atoms with Crippen LogP contribution >= 0.6 is 0 Å². The maximum atomic E-state index is 13.8. The molecular weight excluding hydrogens is 365 g/mol. The molecule has 0 amide bonds. The Morgan fingerprint density at radius 3 is 2.74 bits per heavy atom. The lowest BCUT2D eigenvalue weighted by molar-refractivity contribution is -0.0918. The van der Waals surface area contributed by atoms with E-state index in [1.165, 1.54) is 27.8 Å². The molecule has 11 heteroatoms. The quantitative estimate of drug-likeness (QED) is 0.705. The van der Waals surface area contributed by atoms with E-state index >= 15 is 0 Å². The molecule has 0 saturated carbocycles. The third-order valence-corrected chi connectivity index (χ3v) is 4.22. The summed E-state index contributed by atoms with van der Waals surface area (Å²) in [5, 5.41) is 10.4. The van der Waals surface area contributed by atoms with Gasteiger partial charge in [0, 0.05) is 18.8 Å². The molecule has 1 unspecified atom stereocenters. The van der Waals surface area contributed by atoms with E-state index in [-0.39, 0.29) is 11.7 Å². The number of carbonyl (C=O) groups is 1. The number of fused-ring (bicyclic) bond motifs is 1. The fourth-order valence-electron chi connectivity index (χ4n) is 3.14. The van der Waals surface area contributed by atoms with Crippen LogP contribution < -0.4 is 5.32 Å². The summed E-state index contributed by atoms with van der Waals surface area (Å²) in [5.41, 5.74) is -0.858. The molecule has 0 bridgehead atoms. The third-order valence-electron chi connectivity index (χ3n) is 4.22. The highest BCUT2D eigenvalue weighted by Crippen LogP contribution is 2.42. The number of rotatable bonds is 3. The predicted molar refractivity (Wildman–Crippen MR) is 85.8 cm³/mol. The van der Waals surface area contributed by atoms with Crippen LogP contribution in [0.3, 0.4) is 0 Å². The summed E-state index contributed by atoms with van der Waals surface area (Å²) < 4.78 is 49.2. The van der Waals surface area contributed by atoms with E-state index in [2.05, 4.69) is 20.5 Å². The average Bonchev–Trinajstić information content (AvgIpc) is 3.32. The number of aryl methyl sites for hydroxylation is 2. The molecule has 3 aromatic heterocycles. The first-order chi connectivity index (χ1) is 12.8. The van der Waals surface area contributed by atoms with Gasteiger partial charge in [-0.15, -0.1) is 0 Å². The van der Waals surface area contributed by atoms with Crippen LogP contribution in [0.1, 0.15) is 27.9 Å². The predicted octanol–water partition coefficient (Wildman–Crippen LogP) is 2.63. The van der Waals surface area contributed by atoms with Crippen molar-refractivity contribution in [2.75, 3.05) is 5.32 Å². The van der Waals surface area contributed by atoms with Crippen molar-refractivity contribution in [1.82, 2.24) is 24.5 Å². The van der Waals surface area contributed by atoms with Crippen LogP contribution in [0.2, 0.25) is 0 Å². The van der Waals surface area contributed by atoms with Gasteiger partial charge in [-0.2, -0.15) is 28.4 Å². The molecule has 0 aliphatic carbocycles. The molecule has 4 heterocycles. The molecule has 0 saturated heterocycles. The SMILES string of the molecule is Cc1nn(C)cc1C1C(C(=O)c2ccco2)=C(C(F)(F)F)Nc2ncnn21. The van der Waals surface area contributed by atoms with Gasteiger partial charge in [0.25, 0.3) is 0 Å². The summed E-state index contributed by atoms with van der Waals surface area (Å²) in [6.07, 6.45) is -0.915. The first kappa shape index (κ1) is 17.1. The molecular formula is C16H13F3N6O2. The largest absolute Gasteiger partial charge is 0.461 e. The maximum Gasteiger partial charge on any atom is 0.431 e. The third kappa shape index (κ3) is 2.71. The fraction of sp³-hybridized carbons (Fsp3) is 0.250. The molecule has 1 aliphatic rings. The van der Waals surface area contributed by atoms with E-state index in [1.54, 1.807) is 20.2 Å². The molecule has 1 N–H and O–H groups in total. The molecule has 0 spiro atoms. The number of alkyl halides is 3. The van der Waals surface area contributed by atoms with Crippen LogP contribution in [-0.2, 0) is 7.05 Å². The van der Waals surface area contributed by atoms with Gasteiger partial charge in [0.15, 0.2) is 5.76 Å². The number of halogens is 3. The van der Waals surface area contributed by atoms with Gasteiger partial charge in [0.2, 0.25) is 11.7 Å². The van der Waals surface area contributed by atoms with Crippen LogP contribution in [0.5, 0.6) is 0 Å². The monoisotopic (exact) mass is 378 g/mol. The minimum Gasteiger partial charge on any atom is -0.461 e. The highest BCUT2D eigenvalue weighted by molar-refractivity contribution is 6.09. The Morgan fingerprint density at radius 1 is 1.37 bits per heavy atom. The summed E-state index contributed by atoms with van der Waals surface area (Å²) in [5.74, 6) is -1.22. The number of carbonyl (C=O) groups excluding carboxylic acids is 1. The van der Waals surface area contributed by atoms with Crippen molar-refractivity contribution in [2.24, 2.45) is 7.05 Å². The number of anilines is 1. The summed E-state index contributed by atoms with van der Waals surface area (Å²) in [6, 6.07) is 1.59. The minimum absolute atomic E-state index is 0.119. The second kappa shape index (κ2) is 5.83. The number of ketones is 1. The molecule has 1 aliphatic heterocycles. The second-order valence-electron chi connectivity index (χ2n) is 5.99. The van der Waals surface area contributed by atoms with Crippen molar-refractivity contribution in [2.45, 2.75) is 19.1 Å². The Bertz CT molecular complexity index is 1040. The number of nitrogens with one attached hydrogen (secondary N) is 1. The van der Waals surface area contributed by atoms with Gasteiger partial charge >= 0.3 is 6.18 Å². The zero-order chi connectivity index (χ0) is 19.3. The molecule has 1 atom stereocenters. The van der Waals surface area contributed by atoms with E-state index < -0.39 is 29.3 Å². The fourth-order valence-corrected chi connectivity index (χ4v) is 3.14. The van der Waals surface area contributed by atoms with Crippen LogP contribution in [0, 0.1) is 6.92 Å². The Hall–Kier alpha value is -3.37. The summed E-state index contributed by atoms with van der Waals surface area (Å²) in [6.45, 7) is 1.65. The molecule has 3 aromatic rings.